The summed E-state index contributed by atoms with van der Waals surface area (Å²) in [5.41, 5.74) is 0. The van der Waals surface area contributed by atoms with Crippen molar-refractivity contribution in [1.82, 2.24) is 15.6 Å². The van der Waals surface area contributed by atoms with Crippen LogP contribution in [0.2, 0.25) is 0 Å². The molecular weight excluding hydrogens is 349 g/mol. The van der Waals surface area contributed by atoms with Gasteiger partial charge in [-0.1, -0.05) is 0 Å². The average molecular weight is 366 g/mol. The van der Waals surface area contributed by atoms with Crippen molar-refractivity contribution in [1.29, 1.82) is 0 Å². The Labute approximate surface area is 144 Å². The van der Waals surface area contributed by atoms with Crippen LogP contribution >= 0.6 is 36.2 Å². The Balaban J connectivity index is 0.00000121. The summed E-state index contributed by atoms with van der Waals surface area (Å²) in [5.74, 6) is 0.556. The lowest BCUT2D eigenvalue weighted by Gasteiger charge is -2.13. The molecule has 0 saturated carbocycles. The van der Waals surface area contributed by atoms with Crippen LogP contribution in [0.15, 0.2) is 29.0 Å². The van der Waals surface area contributed by atoms with Crippen molar-refractivity contribution >= 4 is 42.1 Å². The molecule has 2 unspecified atom stereocenters. The van der Waals surface area contributed by atoms with Gasteiger partial charge in [-0.15, -0.1) is 36.2 Å². The fourth-order valence-electron chi connectivity index (χ4n) is 2.13. The van der Waals surface area contributed by atoms with Gasteiger partial charge in [0.05, 0.1) is 18.6 Å². The maximum absolute atomic E-state index is 12.0. The summed E-state index contributed by atoms with van der Waals surface area (Å²) in [7, 11) is 0. The number of aromatic nitrogens is 1. The molecule has 3 heterocycles. The van der Waals surface area contributed by atoms with Gasteiger partial charge in [0, 0.05) is 25.6 Å². The number of aliphatic hydroxyl groups excluding tert-OH is 1. The number of amides is 1. The second-order valence-electron chi connectivity index (χ2n) is 4.70. The number of carbonyl (C=O) groups excluding carboxylic acids is 1. The van der Waals surface area contributed by atoms with Crippen LogP contribution in [0.25, 0.3) is 10.8 Å². The van der Waals surface area contributed by atoms with E-state index in [1.807, 2.05) is 0 Å². The molecule has 0 spiro atoms. The summed E-state index contributed by atoms with van der Waals surface area (Å²) in [6, 6.07) is 3.59. The third kappa shape index (κ3) is 4.21. The first kappa shape index (κ1) is 18.9. The quantitative estimate of drug-likeness (QED) is 0.765. The molecule has 1 aliphatic heterocycles. The monoisotopic (exact) mass is 365 g/mol. The smallest absolute Gasteiger partial charge is 0.263 e. The van der Waals surface area contributed by atoms with E-state index in [-0.39, 0.29) is 36.6 Å². The highest BCUT2D eigenvalue weighted by atomic mass is 35.5. The Hall–Kier alpha value is -1.12. The normalized spacial score (nSPS) is 20.0. The zero-order chi connectivity index (χ0) is 13.9. The van der Waals surface area contributed by atoms with Crippen molar-refractivity contribution < 1.29 is 14.3 Å². The van der Waals surface area contributed by atoms with Crippen LogP contribution in [-0.2, 0) is 0 Å². The van der Waals surface area contributed by atoms with E-state index in [0.717, 1.165) is 6.54 Å². The number of β-amino-alcohol motifs (C(OH)–C–C–N with tert-alkyl or cyclic N) is 1. The summed E-state index contributed by atoms with van der Waals surface area (Å²) in [6.45, 7) is 1.77. The van der Waals surface area contributed by atoms with E-state index < -0.39 is 6.10 Å². The number of halogens is 2. The first-order valence-corrected chi connectivity index (χ1v) is 7.22. The summed E-state index contributed by atoms with van der Waals surface area (Å²) in [5, 5.41) is 16.3. The van der Waals surface area contributed by atoms with Gasteiger partial charge >= 0.3 is 0 Å². The molecule has 2 aromatic heterocycles. The molecule has 2 atom stereocenters. The third-order valence-electron chi connectivity index (χ3n) is 3.29. The molecule has 1 amide bonds. The van der Waals surface area contributed by atoms with Gasteiger partial charge in [0.1, 0.15) is 4.88 Å². The summed E-state index contributed by atoms with van der Waals surface area (Å²) < 4.78 is 5.24. The van der Waals surface area contributed by atoms with Crippen molar-refractivity contribution in [2.45, 2.75) is 6.10 Å². The number of furan rings is 1. The van der Waals surface area contributed by atoms with E-state index in [2.05, 4.69) is 15.6 Å². The Bertz CT molecular complexity index is 591. The zero-order valence-electron chi connectivity index (χ0n) is 11.5. The molecule has 9 heteroatoms. The summed E-state index contributed by atoms with van der Waals surface area (Å²) in [6.07, 6.45) is 2.72. The summed E-state index contributed by atoms with van der Waals surface area (Å²) >= 11 is 1.29. The Morgan fingerprint density at radius 2 is 2.32 bits per heavy atom. The molecule has 6 nitrogen and oxygen atoms in total. The minimum Gasteiger partial charge on any atom is -0.462 e. The van der Waals surface area contributed by atoms with Gasteiger partial charge in [-0.3, -0.25) is 4.79 Å². The largest absolute Gasteiger partial charge is 0.462 e. The van der Waals surface area contributed by atoms with E-state index in [1.165, 1.54) is 11.3 Å². The molecule has 0 aliphatic carbocycles. The van der Waals surface area contributed by atoms with Crippen LogP contribution in [-0.4, -0.2) is 41.7 Å². The highest BCUT2D eigenvalue weighted by Crippen LogP contribution is 2.25. The molecule has 22 heavy (non-hydrogen) atoms. The Kier molecular flexibility index (Phi) is 7.31. The Morgan fingerprint density at radius 1 is 1.50 bits per heavy atom. The molecule has 0 aromatic carbocycles. The standard InChI is InChI=1S/C13H15N3O3S.2ClH/c17-9-6-14-4-8(9)5-15-12(18)11-7-16-13(20-11)10-2-1-3-19-10;;/h1-3,7-9,14,17H,4-6H2,(H,15,18);2*1H. The maximum atomic E-state index is 12.0. The highest BCUT2D eigenvalue weighted by molar-refractivity contribution is 7.16. The van der Waals surface area contributed by atoms with Gasteiger partial charge in [-0.25, -0.2) is 4.98 Å². The second kappa shape index (κ2) is 8.50. The van der Waals surface area contributed by atoms with Crippen LogP contribution in [0.1, 0.15) is 9.67 Å². The number of hydrogen-bond acceptors (Lipinski definition) is 6. The van der Waals surface area contributed by atoms with Crippen molar-refractivity contribution in [3.8, 4) is 10.8 Å². The van der Waals surface area contributed by atoms with Gasteiger partial charge in [0.2, 0.25) is 0 Å². The predicted molar refractivity (Wildman–Crippen MR) is 89.0 cm³/mol. The number of aliphatic hydroxyl groups is 1. The fraction of sp³-hybridized carbons (Fsp3) is 0.385. The molecule has 3 rings (SSSR count). The van der Waals surface area contributed by atoms with Crippen molar-refractivity contribution in [3.63, 3.8) is 0 Å². The molecule has 2 aromatic rings. The first-order chi connectivity index (χ1) is 9.74. The first-order valence-electron chi connectivity index (χ1n) is 6.40. The molecule has 0 bridgehead atoms. The molecular formula is C13H17Cl2N3O3S. The number of thiazole rings is 1. The van der Waals surface area contributed by atoms with E-state index in [0.29, 0.717) is 28.7 Å². The van der Waals surface area contributed by atoms with Crippen LogP contribution in [0, 0.1) is 5.92 Å². The van der Waals surface area contributed by atoms with Crippen molar-refractivity contribution in [2.75, 3.05) is 19.6 Å². The Morgan fingerprint density at radius 3 is 2.95 bits per heavy atom. The van der Waals surface area contributed by atoms with E-state index in [9.17, 15) is 9.90 Å². The minimum atomic E-state index is -0.393. The van der Waals surface area contributed by atoms with Crippen LogP contribution in [0.3, 0.4) is 0 Å². The van der Waals surface area contributed by atoms with Gasteiger partial charge < -0.3 is 20.2 Å². The van der Waals surface area contributed by atoms with Crippen LogP contribution in [0.5, 0.6) is 0 Å². The predicted octanol–water partition coefficient (Wildman–Crippen LogP) is 1.56. The van der Waals surface area contributed by atoms with Gasteiger partial charge in [0.15, 0.2) is 10.8 Å². The van der Waals surface area contributed by atoms with Gasteiger partial charge in [-0.05, 0) is 12.1 Å². The lowest BCUT2D eigenvalue weighted by atomic mass is 10.1. The van der Waals surface area contributed by atoms with E-state index in [4.69, 9.17) is 4.42 Å². The zero-order valence-corrected chi connectivity index (χ0v) is 14.0. The van der Waals surface area contributed by atoms with E-state index in [1.54, 1.807) is 24.6 Å². The van der Waals surface area contributed by atoms with Gasteiger partial charge in [-0.2, -0.15) is 0 Å². The number of carbonyl (C=O) groups is 1. The fourth-order valence-corrected chi connectivity index (χ4v) is 2.93. The molecule has 3 N–H and O–H groups in total. The molecule has 1 saturated heterocycles. The topological polar surface area (TPSA) is 87.4 Å². The van der Waals surface area contributed by atoms with E-state index >= 15 is 0 Å². The average Bonchev–Trinajstić information content (AvgIpc) is 3.17. The van der Waals surface area contributed by atoms with Crippen molar-refractivity contribution in [2.24, 2.45) is 5.92 Å². The van der Waals surface area contributed by atoms with Gasteiger partial charge in [0.25, 0.3) is 5.91 Å². The number of rotatable bonds is 4. The maximum Gasteiger partial charge on any atom is 0.263 e. The highest BCUT2D eigenvalue weighted by Gasteiger charge is 2.25. The lowest BCUT2D eigenvalue weighted by molar-refractivity contribution is 0.0931. The minimum absolute atomic E-state index is 0. The third-order valence-corrected chi connectivity index (χ3v) is 4.30. The van der Waals surface area contributed by atoms with Crippen LogP contribution in [0.4, 0.5) is 0 Å². The SMILES string of the molecule is Cl.Cl.O=C(NCC1CNCC1O)c1cnc(-c2ccco2)s1. The lowest BCUT2D eigenvalue weighted by Crippen LogP contribution is -2.34. The summed E-state index contributed by atoms with van der Waals surface area (Å²) in [4.78, 5) is 16.7. The van der Waals surface area contributed by atoms with Crippen molar-refractivity contribution in [3.05, 3.63) is 29.5 Å². The number of hydrogen-bond donors (Lipinski definition) is 3. The van der Waals surface area contributed by atoms with Crippen LogP contribution < -0.4 is 10.6 Å². The molecule has 1 aliphatic rings. The number of nitrogens with one attached hydrogen (secondary N) is 2. The molecule has 122 valence electrons. The number of nitrogens with zero attached hydrogens (tertiary/aromatic N) is 1. The molecule has 1 fully saturated rings. The second-order valence-corrected chi connectivity index (χ2v) is 5.73. The molecule has 0 radical (unpaired) electrons.